The highest BCUT2D eigenvalue weighted by Crippen LogP contribution is 1.98. The van der Waals surface area contributed by atoms with Crippen molar-refractivity contribution >= 4 is 11.5 Å². The molecule has 0 saturated heterocycles. The smallest absolute Gasteiger partial charge is 0.0893 e. The second-order valence-corrected chi connectivity index (χ2v) is 5.21. The van der Waals surface area contributed by atoms with Crippen LogP contribution in [-0.4, -0.2) is 28.2 Å². The molecule has 0 aliphatic rings. The first-order chi connectivity index (χ1) is 7.08. The van der Waals surface area contributed by atoms with Gasteiger partial charge in [0.25, 0.3) is 0 Å². The maximum absolute atomic E-state index is 3.96. The largest absolute Gasteiger partial charge is 0.312 e. The third-order valence-electron chi connectivity index (χ3n) is 1.90. The fraction of sp³-hybridized carbons (Fsp3) is 0.800. The summed E-state index contributed by atoms with van der Waals surface area (Å²) in [6, 6.07) is 0. The summed E-state index contributed by atoms with van der Waals surface area (Å²) in [5.41, 5.74) is 1.25. The highest BCUT2D eigenvalue weighted by atomic mass is 32.1. The second kappa shape index (κ2) is 6.15. The first kappa shape index (κ1) is 12.5. The van der Waals surface area contributed by atoms with E-state index >= 15 is 0 Å². The van der Waals surface area contributed by atoms with E-state index in [1.807, 2.05) is 5.38 Å². The highest BCUT2D eigenvalue weighted by molar-refractivity contribution is 7.03. The molecule has 86 valence electrons. The topological polar surface area (TPSA) is 49.8 Å². The van der Waals surface area contributed by atoms with Gasteiger partial charge in [-0.2, -0.15) is 0 Å². The zero-order valence-electron chi connectivity index (χ0n) is 9.71. The summed E-state index contributed by atoms with van der Waals surface area (Å²) in [5, 5.41) is 12.7. The predicted octanol–water partition coefficient (Wildman–Crippen LogP) is 1.41. The van der Waals surface area contributed by atoms with Crippen LogP contribution in [0.25, 0.3) is 0 Å². The molecule has 0 aliphatic heterocycles. The summed E-state index contributed by atoms with van der Waals surface area (Å²) in [4.78, 5) is 0. The quantitative estimate of drug-likeness (QED) is 0.723. The monoisotopic (exact) mass is 228 g/mol. The SMILES string of the molecule is CC(C)(C)NCCCNCc1csnn1. The minimum absolute atomic E-state index is 0.221. The molecule has 0 unspecified atom stereocenters. The lowest BCUT2D eigenvalue weighted by Crippen LogP contribution is -2.37. The van der Waals surface area contributed by atoms with E-state index in [4.69, 9.17) is 0 Å². The first-order valence-corrected chi connectivity index (χ1v) is 6.13. The molecule has 0 fully saturated rings. The molecule has 4 nitrogen and oxygen atoms in total. The minimum atomic E-state index is 0.221. The Labute approximate surface area is 95.6 Å². The molecule has 15 heavy (non-hydrogen) atoms. The Kier molecular flexibility index (Phi) is 5.14. The molecule has 0 saturated carbocycles. The molecule has 0 radical (unpaired) electrons. The van der Waals surface area contributed by atoms with Crippen molar-refractivity contribution in [1.29, 1.82) is 0 Å². The van der Waals surface area contributed by atoms with Crippen molar-refractivity contribution in [2.45, 2.75) is 39.3 Å². The minimum Gasteiger partial charge on any atom is -0.312 e. The molecule has 5 heteroatoms. The van der Waals surface area contributed by atoms with Gasteiger partial charge in [-0.3, -0.25) is 0 Å². The number of hydrogen-bond acceptors (Lipinski definition) is 5. The lowest BCUT2D eigenvalue weighted by molar-refractivity contribution is 0.418. The Bertz CT molecular complexity index is 253. The van der Waals surface area contributed by atoms with E-state index in [0.717, 1.165) is 31.7 Å². The first-order valence-electron chi connectivity index (χ1n) is 5.29. The predicted molar refractivity (Wildman–Crippen MR) is 64.0 cm³/mol. The number of hydrogen-bond donors (Lipinski definition) is 2. The van der Waals surface area contributed by atoms with E-state index in [1.165, 1.54) is 11.5 Å². The van der Waals surface area contributed by atoms with Gasteiger partial charge in [0, 0.05) is 17.5 Å². The van der Waals surface area contributed by atoms with Crippen LogP contribution in [0.5, 0.6) is 0 Å². The van der Waals surface area contributed by atoms with E-state index in [2.05, 4.69) is 41.0 Å². The van der Waals surface area contributed by atoms with E-state index in [0.29, 0.717) is 0 Å². The third kappa shape index (κ3) is 6.54. The fourth-order valence-electron chi connectivity index (χ4n) is 1.15. The summed E-state index contributed by atoms with van der Waals surface area (Å²) in [5.74, 6) is 0. The summed E-state index contributed by atoms with van der Waals surface area (Å²) in [6.07, 6.45) is 1.13. The van der Waals surface area contributed by atoms with Crippen LogP contribution in [0.4, 0.5) is 0 Å². The van der Waals surface area contributed by atoms with Crippen molar-refractivity contribution in [3.05, 3.63) is 11.1 Å². The molecular formula is C10H20N4S. The Morgan fingerprint density at radius 1 is 1.33 bits per heavy atom. The van der Waals surface area contributed by atoms with Crippen LogP contribution in [0.1, 0.15) is 32.9 Å². The van der Waals surface area contributed by atoms with Gasteiger partial charge in [-0.25, -0.2) is 0 Å². The second-order valence-electron chi connectivity index (χ2n) is 4.60. The van der Waals surface area contributed by atoms with Gasteiger partial charge in [-0.1, -0.05) is 4.49 Å². The zero-order valence-corrected chi connectivity index (χ0v) is 10.5. The Morgan fingerprint density at radius 3 is 2.73 bits per heavy atom. The molecule has 0 aromatic carbocycles. The maximum Gasteiger partial charge on any atom is 0.0893 e. The molecule has 0 amide bonds. The summed E-state index contributed by atoms with van der Waals surface area (Å²) >= 11 is 1.40. The standard InChI is InChI=1S/C10H20N4S/c1-10(2,3)12-6-4-5-11-7-9-8-15-14-13-9/h8,11-12H,4-7H2,1-3H3. The maximum atomic E-state index is 3.96. The van der Waals surface area contributed by atoms with E-state index in [9.17, 15) is 0 Å². The lowest BCUT2D eigenvalue weighted by atomic mass is 10.1. The van der Waals surface area contributed by atoms with E-state index in [1.54, 1.807) is 0 Å². The van der Waals surface area contributed by atoms with Crippen LogP contribution in [0.3, 0.4) is 0 Å². The van der Waals surface area contributed by atoms with Gasteiger partial charge in [0.15, 0.2) is 0 Å². The molecule has 1 rings (SSSR count). The zero-order chi connectivity index (χ0) is 11.1. The average Bonchev–Trinajstić information content (AvgIpc) is 2.61. The summed E-state index contributed by atoms with van der Waals surface area (Å²) in [7, 11) is 0. The number of nitrogens with one attached hydrogen (secondary N) is 2. The van der Waals surface area contributed by atoms with Gasteiger partial charge >= 0.3 is 0 Å². The van der Waals surface area contributed by atoms with Crippen LogP contribution >= 0.6 is 11.5 Å². The van der Waals surface area contributed by atoms with Crippen molar-refractivity contribution < 1.29 is 0 Å². The van der Waals surface area contributed by atoms with Crippen LogP contribution in [0.15, 0.2) is 5.38 Å². The number of rotatable bonds is 6. The Balaban J connectivity index is 1.94. The van der Waals surface area contributed by atoms with Gasteiger partial charge in [0.1, 0.15) is 0 Å². The van der Waals surface area contributed by atoms with Crippen molar-refractivity contribution in [2.24, 2.45) is 0 Å². The van der Waals surface area contributed by atoms with Crippen molar-refractivity contribution in [2.75, 3.05) is 13.1 Å². The van der Waals surface area contributed by atoms with Gasteiger partial charge < -0.3 is 10.6 Å². The van der Waals surface area contributed by atoms with Crippen LogP contribution in [-0.2, 0) is 6.54 Å². The van der Waals surface area contributed by atoms with Crippen molar-refractivity contribution in [1.82, 2.24) is 20.2 Å². The van der Waals surface area contributed by atoms with Gasteiger partial charge in [-0.15, -0.1) is 5.10 Å². The third-order valence-corrected chi connectivity index (χ3v) is 2.45. The average molecular weight is 228 g/mol. The van der Waals surface area contributed by atoms with Crippen LogP contribution in [0, 0.1) is 0 Å². The fourth-order valence-corrected chi connectivity index (χ4v) is 1.61. The van der Waals surface area contributed by atoms with Crippen molar-refractivity contribution in [3.63, 3.8) is 0 Å². The van der Waals surface area contributed by atoms with Crippen LogP contribution < -0.4 is 10.6 Å². The number of nitrogens with zero attached hydrogens (tertiary/aromatic N) is 2. The molecule has 0 aliphatic carbocycles. The molecule has 0 bridgehead atoms. The molecule has 0 atom stereocenters. The van der Waals surface area contributed by atoms with Gasteiger partial charge in [0.2, 0.25) is 0 Å². The van der Waals surface area contributed by atoms with Crippen LogP contribution in [0.2, 0.25) is 0 Å². The Morgan fingerprint density at radius 2 is 2.13 bits per heavy atom. The molecule has 1 aromatic rings. The molecule has 2 N–H and O–H groups in total. The Hall–Kier alpha value is -0.520. The van der Waals surface area contributed by atoms with E-state index < -0.39 is 0 Å². The van der Waals surface area contributed by atoms with Gasteiger partial charge in [0.05, 0.1) is 5.69 Å². The molecule has 0 spiro atoms. The summed E-state index contributed by atoms with van der Waals surface area (Å²) < 4.78 is 3.81. The molecular weight excluding hydrogens is 208 g/mol. The lowest BCUT2D eigenvalue weighted by Gasteiger charge is -2.20. The normalized spacial score (nSPS) is 11.9. The highest BCUT2D eigenvalue weighted by Gasteiger charge is 2.06. The molecule has 1 heterocycles. The van der Waals surface area contributed by atoms with E-state index in [-0.39, 0.29) is 5.54 Å². The van der Waals surface area contributed by atoms with Gasteiger partial charge in [-0.05, 0) is 51.8 Å². The van der Waals surface area contributed by atoms with Crippen molar-refractivity contribution in [3.8, 4) is 0 Å². The summed E-state index contributed by atoms with van der Waals surface area (Å²) in [6.45, 7) is 9.43. The molecule has 1 aromatic heterocycles. The number of aromatic nitrogens is 2.